The number of aryl methyl sites for hydroxylation is 1. The summed E-state index contributed by atoms with van der Waals surface area (Å²) in [5.74, 6) is 0.591. The van der Waals surface area contributed by atoms with E-state index in [4.69, 9.17) is 4.52 Å². The number of hydrogen-bond acceptors (Lipinski definition) is 6. The first kappa shape index (κ1) is 14.2. The molecular formula is C16H10FN5O2. The number of aromatic amines is 1. The fourth-order valence-electron chi connectivity index (χ4n) is 2.34. The van der Waals surface area contributed by atoms with Crippen LogP contribution in [0.4, 0.5) is 4.39 Å². The predicted molar refractivity (Wildman–Crippen MR) is 83.6 cm³/mol. The zero-order valence-corrected chi connectivity index (χ0v) is 12.4. The molecule has 7 nitrogen and oxygen atoms in total. The summed E-state index contributed by atoms with van der Waals surface area (Å²) in [5, 5.41) is 4.32. The van der Waals surface area contributed by atoms with Gasteiger partial charge in [-0.3, -0.25) is 4.79 Å². The summed E-state index contributed by atoms with van der Waals surface area (Å²) in [6, 6.07) is 7.79. The third-order valence-electron chi connectivity index (χ3n) is 3.45. The first-order valence-electron chi connectivity index (χ1n) is 7.07. The van der Waals surface area contributed by atoms with Gasteiger partial charge in [-0.25, -0.2) is 14.4 Å². The van der Waals surface area contributed by atoms with Gasteiger partial charge < -0.3 is 9.51 Å². The highest BCUT2D eigenvalue weighted by Gasteiger charge is 2.13. The number of fused-ring (bicyclic) bond motifs is 1. The second kappa shape index (κ2) is 5.34. The Hall–Kier alpha value is -3.42. The van der Waals surface area contributed by atoms with E-state index < -0.39 is 5.82 Å². The summed E-state index contributed by atoms with van der Waals surface area (Å²) in [5.41, 5.74) is 1.36. The molecule has 1 N–H and O–H groups in total. The minimum atomic E-state index is -0.441. The predicted octanol–water partition coefficient (Wildman–Crippen LogP) is 2.48. The van der Waals surface area contributed by atoms with Gasteiger partial charge in [-0.15, -0.1) is 0 Å². The first-order valence-corrected chi connectivity index (χ1v) is 7.07. The maximum Gasteiger partial charge on any atom is 0.258 e. The third-order valence-corrected chi connectivity index (χ3v) is 3.45. The minimum absolute atomic E-state index is 0.203. The molecule has 0 aliphatic carbocycles. The summed E-state index contributed by atoms with van der Waals surface area (Å²) in [4.78, 5) is 27.0. The third kappa shape index (κ3) is 2.43. The molecule has 0 aliphatic heterocycles. The molecule has 0 saturated carbocycles. The molecular weight excluding hydrogens is 313 g/mol. The normalized spacial score (nSPS) is 11.1. The van der Waals surface area contributed by atoms with Gasteiger partial charge in [0.05, 0.1) is 17.1 Å². The Balaban J connectivity index is 1.78. The van der Waals surface area contributed by atoms with Gasteiger partial charge in [0.15, 0.2) is 0 Å². The van der Waals surface area contributed by atoms with Gasteiger partial charge in [-0.05, 0) is 37.3 Å². The Labute approximate surface area is 134 Å². The first-order chi connectivity index (χ1) is 11.6. The average Bonchev–Trinajstić information content (AvgIpc) is 3.05. The molecule has 3 heterocycles. The van der Waals surface area contributed by atoms with Crippen LogP contribution in [0.5, 0.6) is 0 Å². The number of nitrogens with zero attached hydrogens (tertiary/aromatic N) is 4. The summed E-state index contributed by atoms with van der Waals surface area (Å²) >= 11 is 0. The lowest BCUT2D eigenvalue weighted by Crippen LogP contribution is -2.09. The standard InChI is InChI=1S/C16H10FN5O2/c1-8-19-13-6-9(2-4-11(13)15(23)20-8)16-21-14(22-24-16)12-5-3-10(17)7-18-12/h2-7H,1H3,(H,19,20,23). The summed E-state index contributed by atoms with van der Waals surface area (Å²) < 4.78 is 18.2. The van der Waals surface area contributed by atoms with Crippen LogP contribution in [0.15, 0.2) is 45.8 Å². The molecule has 3 aromatic heterocycles. The summed E-state index contributed by atoms with van der Waals surface area (Å²) in [7, 11) is 0. The van der Waals surface area contributed by atoms with Crippen LogP contribution in [0.2, 0.25) is 0 Å². The summed E-state index contributed by atoms with van der Waals surface area (Å²) in [6.07, 6.45) is 1.08. The van der Waals surface area contributed by atoms with Crippen molar-refractivity contribution in [3.8, 4) is 23.0 Å². The van der Waals surface area contributed by atoms with E-state index in [1.807, 2.05) is 0 Å². The molecule has 8 heteroatoms. The van der Waals surface area contributed by atoms with Gasteiger partial charge in [-0.2, -0.15) is 4.98 Å². The second-order valence-electron chi connectivity index (χ2n) is 5.17. The Bertz CT molecular complexity index is 1100. The molecule has 0 fully saturated rings. The van der Waals surface area contributed by atoms with E-state index in [2.05, 4.69) is 25.1 Å². The van der Waals surface area contributed by atoms with Crippen molar-refractivity contribution in [2.45, 2.75) is 6.92 Å². The lowest BCUT2D eigenvalue weighted by atomic mass is 10.1. The van der Waals surface area contributed by atoms with Crippen LogP contribution in [0.25, 0.3) is 33.9 Å². The van der Waals surface area contributed by atoms with Crippen LogP contribution < -0.4 is 5.56 Å². The second-order valence-corrected chi connectivity index (χ2v) is 5.17. The monoisotopic (exact) mass is 323 g/mol. The Morgan fingerprint density at radius 2 is 2.04 bits per heavy atom. The molecule has 4 rings (SSSR count). The molecule has 24 heavy (non-hydrogen) atoms. The van der Waals surface area contributed by atoms with E-state index in [0.29, 0.717) is 28.0 Å². The van der Waals surface area contributed by atoms with E-state index >= 15 is 0 Å². The molecule has 4 aromatic rings. The van der Waals surface area contributed by atoms with Crippen LogP contribution in [0.3, 0.4) is 0 Å². The highest BCUT2D eigenvalue weighted by Crippen LogP contribution is 2.23. The highest BCUT2D eigenvalue weighted by atomic mass is 19.1. The van der Waals surface area contributed by atoms with Crippen molar-refractivity contribution in [1.82, 2.24) is 25.1 Å². The van der Waals surface area contributed by atoms with Crippen molar-refractivity contribution >= 4 is 10.9 Å². The van der Waals surface area contributed by atoms with Crippen LogP contribution in [0.1, 0.15) is 5.82 Å². The van der Waals surface area contributed by atoms with Gasteiger partial charge in [-0.1, -0.05) is 5.16 Å². The Morgan fingerprint density at radius 1 is 1.17 bits per heavy atom. The molecule has 0 unspecified atom stereocenters. The molecule has 0 amide bonds. The average molecular weight is 323 g/mol. The molecule has 1 aromatic carbocycles. The quantitative estimate of drug-likeness (QED) is 0.608. The number of aromatic nitrogens is 5. The molecule has 0 atom stereocenters. The molecule has 118 valence electrons. The topological polar surface area (TPSA) is 97.6 Å². The van der Waals surface area contributed by atoms with Crippen molar-refractivity contribution in [2.24, 2.45) is 0 Å². The van der Waals surface area contributed by atoms with Crippen molar-refractivity contribution in [3.05, 3.63) is 58.5 Å². The van der Waals surface area contributed by atoms with E-state index in [0.717, 1.165) is 6.20 Å². The largest absolute Gasteiger partial charge is 0.334 e. The van der Waals surface area contributed by atoms with Crippen LogP contribution >= 0.6 is 0 Å². The van der Waals surface area contributed by atoms with Gasteiger partial charge in [0.1, 0.15) is 17.3 Å². The van der Waals surface area contributed by atoms with Gasteiger partial charge in [0.2, 0.25) is 5.82 Å². The Morgan fingerprint density at radius 3 is 2.83 bits per heavy atom. The zero-order valence-electron chi connectivity index (χ0n) is 12.4. The van der Waals surface area contributed by atoms with E-state index in [-0.39, 0.29) is 17.3 Å². The zero-order chi connectivity index (χ0) is 16.7. The number of pyridine rings is 1. The van der Waals surface area contributed by atoms with E-state index in [9.17, 15) is 9.18 Å². The van der Waals surface area contributed by atoms with Crippen molar-refractivity contribution < 1.29 is 8.91 Å². The fourth-order valence-corrected chi connectivity index (χ4v) is 2.34. The molecule has 0 saturated heterocycles. The smallest absolute Gasteiger partial charge is 0.258 e. The number of nitrogens with one attached hydrogen (secondary N) is 1. The minimum Gasteiger partial charge on any atom is -0.334 e. The lowest BCUT2D eigenvalue weighted by molar-refractivity contribution is 0.432. The van der Waals surface area contributed by atoms with Crippen molar-refractivity contribution in [3.63, 3.8) is 0 Å². The number of benzene rings is 1. The van der Waals surface area contributed by atoms with Crippen LogP contribution in [0, 0.1) is 12.7 Å². The fraction of sp³-hybridized carbons (Fsp3) is 0.0625. The van der Waals surface area contributed by atoms with Crippen molar-refractivity contribution in [2.75, 3.05) is 0 Å². The van der Waals surface area contributed by atoms with Crippen LogP contribution in [-0.2, 0) is 0 Å². The maximum atomic E-state index is 12.9. The molecule has 0 bridgehead atoms. The SMILES string of the molecule is Cc1nc2cc(-c3nc(-c4ccc(F)cn4)no3)ccc2c(=O)[nH]1. The maximum absolute atomic E-state index is 12.9. The van der Waals surface area contributed by atoms with E-state index in [1.165, 1.54) is 12.1 Å². The van der Waals surface area contributed by atoms with Crippen molar-refractivity contribution in [1.29, 1.82) is 0 Å². The summed E-state index contributed by atoms with van der Waals surface area (Å²) in [6.45, 7) is 1.71. The van der Waals surface area contributed by atoms with Gasteiger partial charge in [0.25, 0.3) is 11.4 Å². The molecule has 0 aliphatic rings. The van der Waals surface area contributed by atoms with Crippen LogP contribution in [-0.4, -0.2) is 25.1 Å². The number of hydrogen-bond donors (Lipinski definition) is 1. The lowest BCUT2D eigenvalue weighted by Gasteiger charge is -2.00. The highest BCUT2D eigenvalue weighted by molar-refractivity contribution is 5.82. The number of rotatable bonds is 2. The number of H-pyrrole nitrogens is 1. The molecule has 0 radical (unpaired) electrons. The Kier molecular flexibility index (Phi) is 3.16. The van der Waals surface area contributed by atoms with E-state index in [1.54, 1.807) is 25.1 Å². The number of halogens is 1. The molecule has 0 spiro atoms. The van der Waals surface area contributed by atoms with Gasteiger partial charge in [0, 0.05) is 5.56 Å². The van der Waals surface area contributed by atoms with Gasteiger partial charge >= 0.3 is 0 Å².